The summed E-state index contributed by atoms with van der Waals surface area (Å²) >= 11 is 13.6. The number of carbonyl (C=O) groups excluding carboxylic acids is 1. The van der Waals surface area contributed by atoms with Crippen molar-refractivity contribution in [3.63, 3.8) is 0 Å². The molecule has 2 unspecified atom stereocenters. The highest BCUT2D eigenvalue weighted by atomic mass is 35.5. The van der Waals surface area contributed by atoms with Crippen molar-refractivity contribution in [2.75, 3.05) is 6.61 Å². The van der Waals surface area contributed by atoms with Crippen LogP contribution in [0.15, 0.2) is 64.1 Å². The van der Waals surface area contributed by atoms with E-state index >= 15 is 0 Å². The predicted octanol–water partition coefficient (Wildman–Crippen LogP) is 6.38. The molecule has 2 aliphatic heterocycles. The van der Waals surface area contributed by atoms with Gasteiger partial charge < -0.3 is 9.64 Å². The van der Waals surface area contributed by atoms with Crippen LogP contribution < -0.4 is 0 Å². The number of hydrogen-bond acceptors (Lipinski definition) is 5. The minimum atomic E-state index is -0.288. The van der Waals surface area contributed by atoms with Crippen molar-refractivity contribution in [2.45, 2.75) is 32.4 Å². The molecule has 4 nitrogen and oxygen atoms in total. The van der Waals surface area contributed by atoms with Crippen LogP contribution in [0.5, 0.6) is 0 Å². The largest absolute Gasteiger partial charge is 0.462 e. The third-order valence-electron chi connectivity index (χ3n) is 5.00. The molecule has 0 saturated carbocycles. The van der Waals surface area contributed by atoms with Gasteiger partial charge in [-0.1, -0.05) is 54.4 Å². The number of hydrogen-bond donors (Lipinski definition) is 0. The maximum atomic E-state index is 12.5. The van der Waals surface area contributed by atoms with E-state index in [1.165, 1.54) is 11.8 Å². The standard InChI is InChI=1S/C22H20Cl2N2O2S/c1-3-17-20(21(27)28-4-2)29-22-25-18(13-5-9-15(23)10-6-13)19(26(17)22)14-7-11-16(24)12-8-14/h5-12,18-19H,3-4H2,1-2H3. The second-order valence-electron chi connectivity index (χ2n) is 6.73. The first-order valence-electron chi connectivity index (χ1n) is 9.49. The number of ether oxygens (including phenoxy) is 1. The van der Waals surface area contributed by atoms with Crippen molar-refractivity contribution in [3.05, 3.63) is 80.3 Å². The van der Waals surface area contributed by atoms with E-state index in [-0.39, 0.29) is 18.1 Å². The summed E-state index contributed by atoms with van der Waals surface area (Å²) in [4.78, 5) is 20.3. The number of allylic oxidation sites excluding steroid dienone is 1. The smallest absolute Gasteiger partial charge is 0.346 e. The molecule has 29 heavy (non-hydrogen) atoms. The number of esters is 1. The number of aliphatic imine (C=N–C) groups is 1. The zero-order chi connectivity index (χ0) is 20.5. The van der Waals surface area contributed by atoms with Gasteiger partial charge in [-0.3, -0.25) is 4.99 Å². The van der Waals surface area contributed by atoms with Crippen LogP contribution in [-0.4, -0.2) is 22.6 Å². The average molecular weight is 447 g/mol. The summed E-state index contributed by atoms with van der Waals surface area (Å²) in [5.74, 6) is -0.288. The van der Waals surface area contributed by atoms with E-state index < -0.39 is 0 Å². The van der Waals surface area contributed by atoms with E-state index in [0.29, 0.717) is 28.0 Å². The molecule has 0 saturated heterocycles. The fourth-order valence-corrected chi connectivity index (χ4v) is 5.15. The fourth-order valence-electron chi connectivity index (χ4n) is 3.73. The molecule has 2 heterocycles. The summed E-state index contributed by atoms with van der Waals surface area (Å²) in [6.45, 7) is 4.21. The van der Waals surface area contributed by atoms with Crippen LogP contribution in [0.1, 0.15) is 43.5 Å². The molecule has 7 heteroatoms. The number of fused-ring (bicyclic) bond motifs is 1. The average Bonchev–Trinajstić information content (AvgIpc) is 3.25. The Hall–Kier alpha value is -1.95. The number of amidine groups is 1. The molecule has 150 valence electrons. The number of nitrogens with zero attached hydrogens (tertiary/aromatic N) is 2. The Morgan fingerprint density at radius 3 is 2.17 bits per heavy atom. The fraction of sp³-hybridized carbons (Fsp3) is 0.273. The Morgan fingerprint density at radius 1 is 1.03 bits per heavy atom. The van der Waals surface area contributed by atoms with Gasteiger partial charge in [-0.15, -0.1) is 0 Å². The van der Waals surface area contributed by atoms with E-state index in [0.717, 1.165) is 22.0 Å². The molecular weight excluding hydrogens is 427 g/mol. The number of carbonyl (C=O) groups is 1. The molecule has 0 bridgehead atoms. The van der Waals surface area contributed by atoms with Gasteiger partial charge in [0, 0.05) is 15.7 Å². The van der Waals surface area contributed by atoms with Gasteiger partial charge in [0.25, 0.3) is 0 Å². The normalized spacial score (nSPS) is 20.7. The highest BCUT2D eigenvalue weighted by Crippen LogP contribution is 2.52. The Bertz CT molecular complexity index is 987. The number of benzene rings is 2. The number of thioether (sulfide) groups is 1. The molecule has 2 aliphatic rings. The van der Waals surface area contributed by atoms with Crippen LogP contribution in [0.2, 0.25) is 10.0 Å². The van der Waals surface area contributed by atoms with E-state index in [1.807, 2.05) is 62.4 Å². The summed E-state index contributed by atoms with van der Waals surface area (Å²) in [5, 5.41) is 2.20. The zero-order valence-corrected chi connectivity index (χ0v) is 18.4. The molecule has 0 fully saturated rings. The lowest BCUT2D eigenvalue weighted by molar-refractivity contribution is -0.137. The van der Waals surface area contributed by atoms with Crippen LogP contribution in [0.4, 0.5) is 0 Å². The lowest BCUT2D eigenvalue weighted by Gasteiger charge is -2.29. The summed E-state index contributed by atoms with van der Waals surface area (Å²) in [6, 6.07) is 15.4. The molecule has 0 spiro atoms. The maximum Gasteiger partial charge on any atom is 0.346 e. The van der Waals surface area contributed by atoms with Crippen LogP contribution >= 0.6 is 35.0 Å². The van der Waals surface area contributed by atoms with Gasteiger partial charge in [-0.2, -0.15) is 0 Å². The zero-order valence-electron chi connectivity index (χ0n) is 16.1. The van der Waals surface area contributed by atoms with Crippen LogP contribution in [-0.2, 0) is 9.53 Å². The van der Waals surface area contributed by atoms with Gasteiger partial charge >= 0.3 is 5.97 Å². The van der Waals surface area contributed by atoms with E-state index in [4.69, 9.17) is 32.9 Å². The van der Waals surface area contributed by atoms with E-state index in [2.05, 4.69) is 4.90 Å². The topological polar surface area (TPSA) is 41.9 Å². The SMILES string of the molecule is CCOC(=O)C1=C(CC)N2C(=NC(c3ccc(Cl)cc3)C2c2ccc(Cl)cc2)S1. The van der Waals surface area contributed by atoms with Crippen molar-refractivity contribution >= 4 is 46.1 Å². The van der Waals surface area contributed by atoms with Crippen molar-refractivity contribution in [1.82, 2.24) is 4.90 Å². The molecule has 0 amide bonds. The van der Waals surface area contributed by atoms with Gasteiger partial charge in [0.15, 0.2) is 5.17 Å². The minimum Gasteiger partial charge on any atom is -0.462 e. The van der Waals surface area contributed by atoms with Crippen molar-refractivity contribution in [1.29, 1.82) is 0 Å². The molecule has 2 atom stereocenters. The van der Waals surface area contributed by atoms with Crippen LogP contribution in [0.3, 0.4) is 0 Å². The highest BCUT2D eigenvalue weighted by molar-refractivity contribution is 8.18. The molecule has 0 aromatic heterocycles. The summed E-state index contributed by atoms with van der Waals surface area (Å²) < 4.78 is 5.27. The lowest BCUT2D eigenvalue weighted by Crippen LogP contribution is -2.27. The van der Waals surface area contributed by atoms with Gasteiger partial charge in [-0.25, -0.2) is 4.79 Å². The van der Waals surface area contributed by atoms with Crippen LogP contribution in [0, 0.1) is 0 Å². The first kappa shape index (κ1) is 20.3. The summed E-state index contributed by atoms with van der Waals surface area (Å²) in [7, 11) is 0. The molecule has 0 N–H and O–H groups in total. The van der Waals surface area contributed by atoms with E-state index in [9.17, 15) is 4.79 Å². The second-order valence-corrected chi connectivity index (χ2v) is 8.58. The molecule has 0 radical (unpaired) electrons. The molecule has 0 aliphatic carbocycles. The first-order valence-corrected chi connectivity index (χ1v) is 11.1. The predicted molar refractivity (Wildman–Crippen MR) is 119 cm³/mol. The Morgan fingerprint density at radius 2 is 1.62 bits per heavy atom. The highest BCUT2D eigenvalue weighted by Gasteiger charge is 2.46. The summed E-state index contributed by atoms with van der Waals surface area (Å²) in [6.07, 6.45) is 0.706. The summed E-state index contributed by atoms with van der Waals surface area (Å²) in [5.41, 5.74) is 3.11. The monoisotopic (exact) mass is 446 g/mol. The Kier molecular flexibility index (Phi) is 5.91. The maximum absolute atomic E-state index is 12.5. The third-order valence-corrected chi connectivity index (χ3v) is 6.59. The lowest BCUT2D eigenvalue weighted by atomic mass is 9.93. The first-order chi connectivity index (χ1) is 14.0. The second kappa shape index (κ2) is 8.42. The minimum absolute atomic E-state index is 0.0715. The van der Waals surface area contributed by atoms with Crippen LogP contribution in [0.25, 0.3) is 0 Å². The van der Waals surface area contributed by atoms with Crippen molar-refractivity contribution < 1.29 is 9.53 Å². The molecular formula is C22H20Cl2N2O2S. The third kappa shape index (κ3) is 3.79. The molecule has 2 aromatic rings. The number of halogens is 2. The van der Waals surface area contributed by atoms with Gasteiger partial charge in [0.2, 0.25) is 0 Å². The van der Waals surface area contributed by atoms with Gasteiger partial charge in [0.1, 0.15) is 10.9 Å². The van der Waals surface area contributed by atoms with E-state index in [1.54, 1.807) is 0 Å². The van der Waals surface area contributed by atoms with Crippen molar-refractivity contribution in [2.24, 2.45) is 4.99 Å². The molecule has 4 rings (SSSR count). The molecule has 2 aromatic carbocycles. The number of rotatable bonds is 5. The Labute approximate surface area is 184 Å². The van der Waals surface area contributed by atoms with Gasteiger partial charge in [-0.05, 0) is 60.5 Å². The quantitative estimate of drug-likeness (QED) is 0.499. The Balaban J connectivity index is 1.80. The van der Waals surface area contributed by atoms with Crippen molar-refractivity contribution in [3.8, 4) is 0 Å². The van der Waals surface area contributed by atoms with Gasteiger partial charge in [0.05, 0.1) is 12.6 Å².